The van der Waals surface area contributed by atoms with Crippen LogP contribution in [0, 0.1) is 5.92 Å². The van der Waals surface area contributed by atoms with E-state index in [9.17, 15) is 4.79 Å². The van der Waals surface area contributed by atoms with Crippen LogP contribution in [0.4, 0.5) is 0 Å². The van der Waals surface area contributed by atoms with Crippen molar-refractivity contribution in [1.82, 2.24) is 0 Å². The van der Waals surface area contributed by atoms with Gasteiger partial charge in [0, 0.05) is 0 Å². The molecule has 3 heteroatoms. The van der Waals surface area contributed by atoms with Crippen molar-refractivity contribution in [3.05, 3.63) is 83.9 Å². The van der Waals surface area contributed by atoms with Crippen molar-refractivity contribution < 1.29 is 14.3 Å². The number of carbonyl (C=O) groups excluding carboxylic acids is 1. The minimum atomic E-state index is -0.360. The molecule has 186 valence electrons. The predicted octanol–water partition coefficient (Wildman–Crippen LogP) is 8.90. The summed E-state index contributed by atoms with van der Waals surface area (Å²) in [5, 5.41) is 0. The Labute approximate surface area is 211 Å². The number of benzene rings is 3. The van der Waals surface area contributed by atoms with Crippen LogP contribution in [0.5, 0.6) is 11.5 Å². The van der Waals surface area contributed by atoms with Gasteiger partial charge in [-0.25, -0.2) is 4.79 Å². The van der Waals surface area contributed by atoms with Crippen LogP contribution in [0.25, 0.3) is 11.1 Å². The minimum absolute atomic E-state index is 0.360. The van der Waals surface area contributed by atoms with Gasteiger partial charge in [-0.15, -0.1) is 0 Å². The molecule has 0 amide bonds. The van der Waals surface area contributed by atoms with Gasteiger partial charge in [0.25, 0.3) is 0 Å². The zero-order valence-corrected chi connectivity index (χ0v) is 21.6. The second-order valence-electron chi connectivity index (χ2n) is 9.47. The van der Waals surface area contributed by atoms with Crippen LogP contribution >= 0.6 is 0 Å². The monoisotopic (exact) mass is 472 g/mol. The summed E-state index contributed by atoms with van der Waals surface area (Å²) in [6.07, 6.45) is 9.74. The van der Waals surface area contributed by atoms with Gasteiger partial charge in [-0.2, -0.15) is 0 Å². The highest BCUT2D eigenvalue weighted by Crippen LogP contribution is 2.23. The molecule has 0 saturated carbocycles. The molecular weight excluding hydrogens is 432 g/mol. The standard InChI is InChI=1S/C32H40O3/c1-4-6-7-8-9-10-23-34-30-19-21-31(22-20-30)35-32(33)29-17-15-28(16-18-29)27-13-11-26(12-14-27)24-25(3)5-2/h11-22,25H,4-10,23-24H2,1-3H3. The third kappa shape index (κ3) is 8.90. The lowest BCUT2D eigenvalue weighted by Gasteiger charge is -2.10. The van der Waals surface area contributed by atoms with Gasteiger partial charge in [-0.05, 0) is 71.8 Å². The third-order valence-electron chi connectivity index (χ3n) is 6.49. The topological polar surface area (TPSA) is 35.5 Å². The maximum Gasteiger partial charge on any atom is 0.343 e. The van der Waals surface area contributed by atoms with Crippen molar-refractivity contribution in [2.75, 3.05) is 6.61 Å². The Kier molecular flexibility index (Phi) is 10.9. The number of carbonyl (C=O) groups is 1. The largest absolute Gasteiger partial charge is 0.494 e. The number of hydrogen-bond donors (Lipinski definition) is 0. The van der Waals surface area contributed by atoms with E-state index in [0.29, 0.717) is 17.2 Å². The van der Waals surface area contributed by atoms with E-state index in [-0.39, 0.29) is 5.97 Å². The summed E-state index contributed by atoms with van der Waals surface area (Å²) in [5.74, 6) is 1.65. The summed E-state index contributed by atoms with van der Waals surface area (Å²) in [7, 11) is 0. The average molecular weight is 473 g/mol. The Bertz CT molecular complexity index is 1000. The molecule has 3 rings (SSSR count). The quantitative estimate of drug-likeness (QED) is 0.133. The van der Waals surface area contributed by atoms with E-state index in [0.717, 1.165) is 36.3 Å². The van der Waals surface area contributed by atoms with Gasteiger partial charge in [0.15, 0.2) is 0 Å². The second kappa shape index (κ2) is 14.4. The Morgan fingerprint density at radius 1 is 0.714 bits per heavy atom. The summed E-state index contributed by atoms with van der Waals surface area (Å²) in [6.45, 7) is 7.46. The third-order valence-corrected chi connectivity index (χ3v) is 6.49. The molecule has 3 aromatic carbocycles. The van der Waals surface area contributed by atoms with Crippen LogP contribution in [-0.4, -0.2) is 12.6 Å². The zero-order valence-electron chi connectivity index (χ0n) is 21.6. The number of unbranched alkanes of at least 4 members (excludes halogenated alkanes) is 5. The molecule has 0 bridgehead atoms. The maximum absolute atomic E-state index is 12.6. The Morgan fingerprint density at radius 3 is 1.91 bits per heavy atom. The Morgan fingerprint density at radius 2 is 1.29 bits per heavy atom. The highest BCUT2D eigenvalue weighted by molar-refractivity contribution is 5.91. The molecule has 0 aliphatic rings. The van der Waals surface area contributed by atoms with Crippen molar-refractivity contribution in [3.8, 4) is 22.6 Å². The first kappa shape index (κ1) is 26.5. The van der Waals surface area contributed by atoms with Crippen LogP contribution in [0.2, 0.25) is 0 Å². The molecule has 0 radical (unpaired) electrons. The normalized spacial score (nSPS) is 11.7. The molecule has 0 aromatic heterocycles. The lowest BCUT2D eigenvalue weighted by Crippen LogP contribution is -2.08. The summed E-state index contributed by atoms with van der Waals surface area (Å²) in [6, 6.07) is 23.6. The number of hydrogen-bond acceptors (Lipinski definition) is 3. The zero-order chi connectivity index (χ0) is 24.9. The molecule has 0 fully saturated rings. The van der Waals surface area contributed by atoms with E-state index in [4.69, 9.17) is 9.47 Å². The van der Waals surface area contributed by atoms with E-state index in [1.165, 1.54) is 44.1 Å². The molecule has 1 unspecified atom stereocenters. The fourth-order valence-corrected chi connectivity index (χ4v) is 4.02. The Hall–Kier alpha value is -3.07. The van der Waals surface area contributed by atoms with Crippen LogP contribution < -0.4 is 9.47 Å². The molecule has 1 atom stereocenters. The molecule has 35 heavy (non-hydrogen) atoms. The first-order chi connectivity index (χ1) is 17.1. The van der Waals surface area contributed by atoms with Crippen LogP contribution in [0.15, 0.2) is 72.8 Å². The molecule has 0 heterocycles. The lowest BCUT2D eigenvalue weighted by atomic mass is 9.96. The second-order valence-corrected chi connectivity index (χ2v) is 9.47. The molecule has 0 aliphatic heterocycles. The van der Waals surface area contributed by atoms with Gasteiger partial charge in [-0.1, -0.05) is 95.7 Å². The number of esters is 1. The highest BCUT2D eigenvalue weighted by Gasteiger charge is 2.10. The maximum atomic E-state index is 12.6. The predicted molar refractivity (Wildman–Crippen MR) is 145 cm³/mol. The minimum Gasteiger partial charge on any atom is -0.494 e. The van der Waals surface area contributed by atoms with E-state index in [2.05, 4.69) is 45.0 Å². The summed E-state index contributed by atoms with van der Waals surface area (Å²) < 4.78 is 11.4. The molecule has 0 spiro atoms. The SMILES string of the molecule is CCCCCCCCOc1ccc(OC(=O)c2ccc(-c3ccc(CC(C)CC)cc3)cc2)cc1. The van der Waals surface area contributed by atoms with Crippen molar-refractivity contribution in [2.45, 2.75) is 72.1 Å². The highest BCUT2D eigenvalue weighted by atomic mass is 16.5. The van der Waals surface area contributed by atoms with Gasteiger partial charge < -0.3 is 9.47 Å². The van der Waals surface area contributed by atoms with Crippen molar-refractivity contribution >= 4 is 5.97 Å². The fourth-order valence-electron chi connectivity index (χ4n) is 4.02. The summed E-state index contributed by atoms with van der Waals surface area (Å²) in [5.41, 5.74) is 4.13. The van der Waals surface area contributed by atoms with Gasteiger partial charge in [0.2, 0.25) is 0 Å². The van der Waals surface area contributed by atoms with Crippen molar-refractivity contribution in [2.24, 2.45) is 5.92 Å². The summed E-state index contributed by atoms with van der Waals surface area (Å²) >= 11 is 0. The van der Waals surface area contributed by atoms with E-state index >= 15 is 0 Å². The van der Waals surface area contributed by atoms with Gasteiger partial charge in [0.1, 0.15) is 11.5 Å². The average Bonchev–Trinajstić information content (AvgIpc) is 2.89. The molecule has 0 aliphatic carbocycles. The van der Waals surface area contributed by atoms with E-state index < -0.39 is 0 Å². The van der Waals surface area contributed by atoms with Gasteiger partial charge >= 0.3 is 5.97 Å². The van der Waals surface area contributed by atoms with Gasteiger partial charge in [0.05, 0.1) is 12.2 Å². The number of ether oxygens (including phenoxy) is 2. The Balaban J connectivity index is 1.47. The van der Waals surface area contributed by atoms with E-state index in [1.807, 2.05) is 36.4 Å². The smallest absolute Gasteiger partial charge is 0.343 e. The van der Waals surface area contributed by atoms with Crippen molar-refractivity contribution in [3.63, 3.8) is 0 Å². The first-order valence-electron chi connectivity index (χ1n) is 13.2. The lowest BCUT2D eigenvalue weighted by molar-refractivity contribution is 0.0734. The molecular formula is C32H40O3. The molecule has 0 saturated heterocycles. The molecule has 3 nitrogen and oxygen atoms in total. The van der Waals surface area contributed by atoms with E-state index in [1.54, 1.807) is 12.1 Å². The first-order valence-corrected chi connectivity index (χ1v) is 13.2. The van der Waals surface area contributed by atoms with Crippen LogP contribution in [0.3, 0.4) is 0 Å². The number of rotatable bonds is 14. The van der Waals surface area contributed by atoms with Crippen molar-refractivity contribution in [1.29, 1.82) is 0 Å². The molecule has 0 N–H and O–H groups in total. The summed E-state index contributed by atoms with van der Waals surface area (Å²) in [4.78, 5) is 12.6. The van der Waals surface area contributed by atoms with Crippen LogP contribution in [0.1, 0.15) is 81.6 Å². The van der Waals surface area contributed by atoms with Crippen LogP contribution in [-0.2, 0) is 6.42 Å². The molecule has 3 aromatic rings. The fraction of sp³-hybridized carbons (Fsp3) is 0.406. The van der Waals surface area contributed by atoms with Gasteiger partial charge in [-0.3, -0.25) is 0 Å².